The predicted octanol–water partition coefficient (Wildman–Crippen LogP) is 1.57. The maximum Gasteiger partial charge on any atom is 0.255 e. The van der Waals surface area contributed by atoms with Gasteiger partial charge >= 0.3 is 0 Å². The summed E-state index contributed by atoms with van der Waals surface area (Å²) >= 11 is 0. The van der Waals surface area contributed by atoms with E-state index in [0.717, 1.165) is 12.8 Å². The van der Waals surface area contributed by atoms with Crippen molar-refractivity contribution >= 4 is 6.29 Å². The van der Waals surface area contributed by atoms with Crippen molar-refractivity contribution in [1.29, 1.82) is 0 Å². The van der Waals surface area contributed by atoms with Gasteiger partial charge in [-0.25, -0.2) is 4.98 Å². The number of rotatable bonds is 3. The molecular weight excluding hydrogens is 173 g/mol. The molecule has 0 amide bonds. The Morgan fingerprint density at radius 3 is 3.00 bits per heavy atom. The molecule has 0 bridgehead atoms. The largest absolute Gasteiger partial charge is 0.486 e. The molecule has 1 saturated carbocycles. The fourth-order valence-corrected chi connectivity index (χ4v) is 0.956. The van der Waals surface area contributed by atoms with Crippen molar-refractivity contribution in [3.8, 4) is 5.75 Å². The third kappa shape index (κ3) is 1.83. The van der Waals surface area contributed by atoms with Gasteiger partial charge in [0.25, 0.3) is 5.95 Å². The number of nitrogens with zero attached hydrogens (tertiary/aromatic N) is 1. The zero-order valence-corrected chi connectivity index (χ0v) is 6.87. The van der Waals surface area contributed by atoms with Crippen LogP contribution < -0.4 is 4.74 Å². The zero-order chi connectivity index (χ0) is 9.26. The molecule has 0 unspecified atom stereocenters. The Hall–Kier alpha value is -1.45. The maximum absolute atomic E-state index is 12.9. The molecule has 0 aromatic carbocycles. The first-order valence-corrected chi connectivity index (χ1v) is 4.07. The highest BCUT2D eigenvalue weighted by Gasteiger charge is 2.25. The second-order valence-corrected chi connectivity index (χ2v) is 2.99. The van der Waals surface area contributed by atoms with Gasteiger partial charge in [0.2, 0.25) is 0 Å². The molecule has 1 fully saturated rings. The molecule has 0 aliphatic heterocycles. The van der Waals surface area contributed by atoms with E-state index in [2.05, 4.69) is 4.98 Å². The molecule has 2 rings (SSSR count). The van der Waals surface area contributed by atoms with E-state index < -0.39 is 5.95 Å². The van der Waals surface area contributed by atoms with Crippen molar-refractivity contribution in [1.82, 2.24) is 4.98 Å². The standard InChI is InChI=1S/C9H8FNO2/c10-9-8(13-7-1-2-7)3-6(5-12)4-11-9/h3-5,7H,1-2H2. The van der Waals surface area contributed by atoms with Gasteiger partial charge in [0.05, 0.1) is 6.10 Å². The van der Waals surface area contributed by atoms with E-state index in [1.54, 1.807) is 0 Å². The molecule has 1 aromatic heterocycles. The molecule has 0 N–H and O–H groups in total. The second kappa shape index (κ2) is 3.12. The number of pyridine rings is 1. The minimum atomic E-state index is -0.655. The van der Waals surface area contributed by atoms with Crippen molar-refractivity contribution in [2.24, 2.45) is 0 Å². The molecule has 0 radical (unpaired) electrons. The fourth-order valence-electron chi connectivity index (χ4n) is 0.956. The van der Waals surface area contributed by atoms with Crippen LogP contribution in [-0.4, -0.2) is 17.4 Å². The van der Waals surface area contributed by atoms with E-state index >= 15 is 0 Å². The van der Waals surface area contributed by atoms with Crippen LogP contribution in [0.3, 0.4) is 0 Å². The second-order valence-electron chi connectivity index (χ2n) is 2.99. The topological polar surface area (TPSA) is 39.2 Å². The minimum absolute atomic E-state index is 0.0760. The Morgan fingerprint density at radius 2 is 2.38 bits per heavy atom. The van der Waals surface area contributed by atoms with E-state index in [1.165, 1.54) is 12.3 Å². The normalized spacial score (nSPS) is 15.5. The number of carbonyl (C=O) groups excluding carboxylic acids is 1. The lowest BCUT2D eigenvalue weighted by molar-refractivity contribution is 0.112. The van der Waals surface area contributed by atoms with E-state index in [0.29, 0.717) is 11.8 Å². The van der Waals surface area contributed by atoms with Crippen LogP contribution in [-0.2, 0) is 0 Å². The Labute approximate surface area is 74.5 Å². The number of hydrogen-bond donors (Lipinski definition) is 0. The molecule has 68 valence electrons. The summed E-state index contributed by atoms with van der Waals surface area (Å²) < 4.78 is 18.1. The molecule has 1 heterocycles. The van der Waals surface area contributed by atoms with Crippen LogP contribution in [0.2, 0.25) is 0 Å². The molecule has 1 aliphatic rings. The van der Waals surface area contributed by atoms with Crippen molar-refractivity contribution in [3.05, 3.63) is 23.8 Å². The number of aldehydes is 1. The summed E-state index contributed by atoms with van der Waals surface area (Å²) in [4.78, 5) is 13.8. The van der Waals surface area contributed by atoms with E-state index in [4.69, 9.17) is 4.74 Å². The van der Waals surface area contributed by atoms with Crippen molar-refractivity contribution in [3.63, 3.8) is 0 Å². The molecule has 0 atom stereocenters. The average Bonchev–Trinajstić information content (AvgIpc) is 2.93. The number of ether oxygens (including phenoxy) is 1. The van der Waals surface area contributed by atoms with Crippen LogP contribution in [0.1, 0.15) is 23.2 Å². The summed E-state index contributed by atoms with van der Waals surface area (Å²) in [5.74, 6) is -0.579. The number of halogens is 1. The summed E-state index contributed by atoms with van der Waals surface area (Å²) in [6.07, 6.45) is 3.81. The van der Waals surface area contributed by atoms with Gasteiger partial charge in [0.1, 0.15) is 0 Å². The summed E-state index contributed by atoms with van der Waals surface area (Å²) in [5.41, 5.74) is 0.331. The zero-order valence-electron chi connectivity index (χ0n) is 6.87. The molecule has 0 saturated heterocycles. The van der Waals surface area contributed by atoms with Gasteiger partial charge < -0.3 is 4.74 Å². The summed E-state index contributed by atoms with van der Waals surface area (Å²) in [6, 6.07) is 1.37. The first-order valence-electron chi connectivity index (χ1n) is 4.07. The van der Waals surface area contributed by atoms with Gasteiger partial charge in [-0.3, -0.25) is 4.79 Å². The molecule has 1 aromatic rings. The van der Waals surface area contributed by atoms with E-state index in [-0.39, 0.29) is 11.9 Å². The smallest absolute Gasteiger partial charge is 0.255 e. The Morgan fingerprint density at radius 1 is 1.62 bits per heavy atom. The van der Waals surface area contributed by atoms with Crippen molar-refractivity contribution < 1.29 is 13.9 Å². The number of hydrogen-bond acceptors (Lipinski definition) is 3. The predicted molar refractivity (Wildman–Crippen MR) is 43.2 cm³/mol. The Bertz CT molecular complexity index is 336. The lowest BCUT2D eigenvalue weighted by Gasteiger charge is -2.04. The monoisotopic (exact) mass is 181 g/mol. The van der Waals surface area contributed by atoms with E-state index in [9.17, 15) is 9.18 Å². The molecule has 4 heteroatoms. The minimum Gasteiger partial charge on any atom is -0.486 e. The molecule has 13 heavy (non-hydrogen) atoms. The molecular formula is C9H8FNO2. The van der Waals surface area contributed by atoms with Crippen LogP contribution in [0.4, 0.5) is 4.39 Å². The SMILES string of the molecule is O=Cc1cnc(F)c(OC2CC2)c1. The highest BCUT2D eigenvalue weighted by atomic mass is 19.1. The third-order valence-corrected chi connectivity index (χ3v) is 1.78. The quantitative estimate of drug-likeness (QED) is 0.525. The summed E-state index contributed by atoms with van der Waals surface area (Å²) in [7, 11) is 0. The van der Waals surface area contributed by atoms with E-state index in [1.807, 2.05) is 0 Å². The lowest BCUT2D eigenvalue weighted by Crippen LogP contribution is -2.00. The highest BCUT2D eigenvalue weighted by molar-refractivity contribution is 5.74. The molecule has 0 spiro atoms. The summed E-state index contributed by atoms with van der Waals surface area (Å²) in [6.45, 7) is 0. The first kappa shape index (κ1) is 8.16. The van der Waals surface area contributed by atoms with Gasteiger partial charge in [-0.05, 0) is 18.9 Å². The molecule has 1 aliphatic carbocycles. The molecule has 3 nitrogen and oxygen atoms in total. The summed E-state index contributed by atoms with van der Waals surface area (Å²) in [5, 5.41) is 0. The third-order valence-electron chi connectivity index (χ3n) is 1.78. The van der Waals surface area contributed by atoms with Gasteiger partial charge in [-0.15, -0.1) is 0 Å². The van der Waals surface area contributed by atoms with Gasteiger partial charge in [-0.1, -0.05) is 0 Å². The fraction of sp³-hybridized carbons (Fsp3) is 0.333. The van der Waals surface area contributed by atoms with Crippen LogP contribution in [0, 0.1) is 5.95 Å². The average molecular weight is 181 g/mol. The van der Waals surface area contributed by atoms with Crippen LogP contribution in [0.5, 0.6) is 5.75 Å². The van der Waals surface area contributed by atoms with Crippen molar-refractivity contribution in [2.75, 3.05) is 0 Å². The first-order chi connectivity index (χ1) is 6.29. The number of aromatic nitrogens is 1. The maximum atomic E-state index is 12.9. The van der Waals surface area contributed by atoms with Gasteiger partial charge in [0, 0.05) is 11.8 Å². The van der Waals surface area contributed by atoms with Crippen molar-refractivity contribution in [2.45, 2.75) is 18.9 Å². The van der Waals surface area contributed by atoms with Crippen LogP contribution >= 0.6 is 0 Å². The number of carbonyl (C=O) groups is 1. The van der Waals surface area contributed by atoms with Gasteiger partial charge in [-0.2, -0.15) is 4.39 Å². The van der Waals surface area contributed by atoms with Crippen LogP contribution in [0.25, 0.3) is 0 Å². The Kier molecular flexibility index (Phi) is 1.96. The lowest BCUT2D eigenvalue weighted by atomic mass is 10.3. The Balaban J connectivity index is 2.24. The van der Waals surface area contributed by atoms with Gasteiger partial charge in [0.15, 0.2) is 12.0 Å². The van der Waals surface area contributed by atoms with Crippen LogP contribution in [0.15, 0.2) is 12.3 Å². The highest BCUT2D eigenvalue weighted by Crippen LogP contribution is 2.27.